The predicted molar refractivity (Wildman–Crippen MR) is 27.0 cm³/mol. The number of alkyl halides is 5. The van der Waals surface area contributed by atoms with Crippen LogP contribution in [-0.2, 0) is 0 Å². The van der Waals surface area contributed by atoms with Crippen LogP contribution in [0.15, 0.2) is 0 Å². The topological polar surface area (TPSA) is 0 Å². The van der Waals surface area contributed by atoms with Crippen molar-refractivity contribution in [3.8, 4) is 0 Å². The second kappa shape index (κ2) is 2.17. The van der Waals surface area contributed by atoms with Crippen LogP contribution >= 0.6 is 8.96 Å². The Morgan fingerprint density at radius 1 is 0.769 bits per heavy atom. The Hall–Kier alpha value is 0.450. The van der Waals surface area contributed by atoms with Gasteiger partial charge in [0.1, 0.15) is 0 Å². The Morgan fingerprint density at radius 3 is 1.00 bits per heavy atom. The molecule has 0 aliphatic rings. The second-order valence-electron chi connectivity index (χ2n) is 1.98. The van der Waals surface area contributed by atoms with Crippen LogP contribution in [0.5, 0.6) is 0 Å². The summed E-state index contributed by atoms with van der Waals surface area (Å²) in [6, 6.07) is 0. The van der Waals surface area contributed by atoms with E-state index in [-0.39, 0.29) is 0 Å². The third-order valence-corrected chi connectivity index (χ3v) is 5.54. The summed E-state index contributed by atoms with van der Waals surface area (Å²) in [7, 11) is 2.87. The van der Waals surface area contributed by atoms with Crippen LogP contribution in [-0.4, -0.2) is 26.7 Å². The van der Waals surface area contributed by atoms with Crippen LogP contribution < -0.4 is 0 Å². The molecule has 0 fully saturated rings. The molecule has 0 aromatic heterocycles. The minimum atomic E-state index is -11.8. The van der Waals surface area contributed by atoms with Gasteiger partial charge in [-0.05, 0) is 0 Å². The van der Waals surface area contributed by atoms with Crippen molar-refractivity contribution in [1.29, 1.82) is 0 Å². The third-order valence-electron chi connectivity index (χ3n) is 0.814. The molecule has 0 nitrogen and oxygen atoms in total. The molecule has 13 heavy (non-hydrogen) atoms. The fourth-order valence-electron chi connectivity index (χ4n) is 0.219. The van der Waals surface area contributed by atoms with Gasteiger partial charge in [0, 0.05) is 0 Å². The van der Waals surface area contributed by atoms with E-state index in [4.69, 9.17) is 0 Å². The van der Waals surface area contributed by atoms with E-state index < -0.39 is 26.7 Å². The van der Waals surface area contributed by atoms with Gasteiger partial charge in [0.15, 0.2) is 0 Å². The molecule has 0 atom stereocenters. The van der Waals surface area contributed by atoms with Gasteiger partial charge in [-0.15, -0.1) is 0 Å². The molecule has 0 aromatic rings. The molecule has 0 N–H and O–H groups in total. The van der Waals surface area contributed by atoms with Crippen molar-refractivity contribution >= 4 is 25.6 Å². The van der Waals surface area contributed by atoms with Crippen LogP contribution in [0.4, 0.5) is 33.5 Å². The van der Waals surface area contributed by atoms with E-state index in [0.29, 0.717) is 0 Å². The molecule has 0 spiro atoms. The molecule has 0 saturated carbocycles. The van der Waals surface area contributed by atoms with Crippen molar-refractivity contribution in [1.82, 2.24) is 0 Å². The van der Waals surface area contributed by atoms with Gasteiger partial charge in [-0.2, -0.15) is 0 Å². The minimum absolute atomic E-state index is 2.87. The van der Waals surface area contributed by atoms with Gasteiger partial charge < -0.3 is 0 Å². The molecular weight excluding hydrogens is 358 g/mol. The Balaban J connectivity index is 5.60. The van der Waals surface area contributed by atoms with Crippen LogP contribution in [0, 0.1) is 0 Å². The van der Waals surface area contributed by atoms with E-state index in [9.17, 15) is 33.5 Å². The first-order valence-corrected chi connectivity index (χ1v) is 9.81. The number of hydrogen-bond acceptors (Lipinski definition) is 0. The Morgan fingerprint density at radius 2 is 1.00 bits per heavy atom. The normalized spacial score (nSPS) is 20.8. The van der Waals surface area contributed by atoms with Gasteiger partial charge in [-0.3, -0.25) is 0 Å². The summed E-state index contributed by atoms with van der Waals surface area (Å²) in [6.07, 6.45) is -7.08. The quantitative estimate of drug-likeness (QED) is 0.496. The molecule has 0 saturated heterocycles. The van der Waals surface area contributed by atoms with Crippen molar-refractivity contribution in [2.75, 3.05) is 0 Å². The van der Waals surface area contributed by atoms with Crippen molar-refractivity contribution in [3.05, 3.63) is 0 Å². The van der Waals surface area contributed by atoms with Crippen molar-refractivity contribution in [3.63, 3.8) is 0 Å². The standard InChI is InChI=1S/C2ClF9Te/c3-13(9,10,11,12)2(7,8)1(4,5)6. The Bertz CT molecular complexity index is 216. The average Bonchev–Trinajstić information content (AvgIpc) is 1.52. The monoisotopic (exact) mass is 360 g/mol. The van der Waals surface area contributed by atoms with Gasteiger partial charge in [0.05, 0.1) is 0 Å². The summed E-state index contributed by atoms with van der Waals surface area (Å²) in [5, 5.41) is 0. The van der Waals surface area contributed by atoms with E-state index in [1.807, 2.05) is 0 Å². The first-order valence-electron chi connectivity index (χ1n) is 2.17. The second-order valence-corrected chi connectivity index (χ2v) is 13.1. The summed E-state index contributed by atoms with van der Waals surface area (Å²) in [4.78, 5) is 0. The van der Waals surface area contributed by atoms with E-state index in [1.54, 1.807) is 0 Å². The summed E-state index contributed by atoms with van der Waals surface area (Å²) in [5.41, 5.74) is 0. The van der Waals surface area contributed by atoms with Gasteiger partial charge >= 0.3 is 69.2 Å². The first-order chi connectivity index (χ1) is 5.00. The Kier molecular flexibility index (Phi) is 2.24. The van der Waals surface area contributed by atoms with E-state index in [1.165, 1.54) is 0 Å². The third kappa shape index (κ3) is 2.27. The molecule has 0 aliphatic heterocycles. The van der Waals surface area contributed by atoms with E-state index >= 15 is 0 Å². The molecule has 11 heteroatoms. The molecule has 0 rings (SSSR count). The zero-order valence-electron chi connectivity index (χ0n) is 5.19. The number of rotatable bonds is 1. The summed E-state index contributed by atoms with van der Waals surface area (Å²) in [6.45, 7) is 0. The molecule has 0 radical (unpaired) electrons. The van der Waals surface area contributed by atoms with Gasteiger partial charge in [-0.1, -0.05) is 0 Å². The van der Waals surface area contributed by atoms with Crippen molar-refractivity contribution in [2.24, 2.45) is 0 Å². The number of halogens is 10. The fourth-order valence-corrected chi connectivity index (χ4v) is 2.05. The molecule has 0 unspecified atom stereocenters. The maximum atomic E-state index is 11.5. The molecular formula is C2ClF9Te. The van der Waals surface area contributed by atoms with Crippen LogP contribution in [0.3, 0.4) is 0 Å². The molecule has 0 aliphatic carbocycles. The average molecular weight is 358 g/mol. The molecule has 0 bridgehead atoms. The Labute approximate surface area is 69.6 Å². The maximum absolute atomic E-state index is 11.8. The molecule has 84 valence electrons. The number of hydrogen-bond donors (Lipinski definition) is 0. The SMILES string of the molecule is FC(F)(F)C(F)(F)[Te](F)(F)(F)(F)Cl. The van der Waals surface area contributed by atoms with Crippen molar-refractivity contribution < 1.29 is 33.5 Å². The molecule has 0 heterocycles. The summed E-state index contributed by atoms with van der Waals surface area (Å²) in [5.74, 6) is 0. The van der Waals surface area contributed by atoms with Crippen molar-refractivity contribution in [2.45, 2.75) is 10.1 Å². The summed E-state index contributed by atoms with van der Waals surface area (Å²) < 4.78 is 94.9. The predicted octanol–water partition coefficient (Wildman–Crippen LogP) is 3.68. The first kappa shape index (κ1) is 13.4. The van der Waals surface area contributed by atoms with E-state index in [2.05, 4.69) is 8.96 Å². The van der Waals surface area contributed by atoms with Gasteiger partial charge in [0.25, 0.3) is 0 Å². The van der Waals surface area contributed by atoms with Gasteiger partial charge in [0.2, 0.25) is 0 Å². The van der Waals surface area contributed by atoms with Crippen LogP contribution in [0.25, 0.3) is 0 Å². The molecule has 0 amide bonds. The molecule has 0 aromatic carbocycles. The van der Waals surface area contributed by atoms with Crippen LogP contribution in [0.1, 0.15) is 0 Å². The summed E-state index contributed by atoms with van der Waals surface area (Å²) >= 11 is -11.8. The van der Waals surface area contributed by atoms with E-state index in [0.717, 1.165) is 0 Å². The van der Waals surface area contributed by atoms with Gasteiger partial charge in [-0.25, -0.2) is 0 Å². The fraction of sp³-hybridized carbons (Fsp3) is 1.00. The van der Waals surface area contributed by atoms with Crippen LogP contribution in [0.2, 0.25) is 0 Å². The zero-order chi connectivity index (χ0) is 11.4. The zero-order valence-corrected chi connectivity index (χ0v) is 8.27.